The highest BCUT2D eigenvalue weighted by molar-refractivity contribution is 5.95. The molecule has 0 aliphatic rings. The molecule has 1 aromatic heterocycles. The molecule has 1 aromatic carbocycles. The van der Waals surface area contributed by atoms with Crippen LogP contribution in [0.5, 0.6) is 0 Å². The summed E-state index contributed by atoms with van der Waals surface area (Å²) in [5.41, 5.74) is 2.90. The molecular weight excluding hydrogens is 302 g/mol. The van der Waals surface area contributed by atoms with Gasteiger partial charge in [-0.2, -0.15) is 0 Å². The molecule has 1 heterocycles. The second-order valence-corrected chi connectivity index (χ2v) is 5.67. The second-order valence-electron chi connectivity index (χ2n) is 5.67. The van der Waals surface area contributed by atoms with Gasteiger partial charge >= 0.3 is 0 Å². The van der Waals surface area contributed by atoms with Crippen molar-refractivity contribution in [3.63, 3.8) is 0 Å². The van der Waals surface area contributed by atoms with Gasteiger partial charge in [-0.1, -0.05) is 31.2 Å². The summed E-state index contributed by atoms with van der Waals surface area (Å²) in [6.07, 6.45) is 5.28. The number of benzene rings is 1. The van der Waals surface area contributed by atoms with E-state index in [2.05, 4.69) is 10.3 Å². The van der Waals surface area contributed by atoms with Crippen LogP contribution in [0.25, 0.3) is 0 Å². The lowest BCUT2D eigenvalue weighted by molar-refractivity contribution is -0.133. The minimum absolute atomic E-state index is 0.0456. The summed E-state index contributed by atoms with van der Waals surface area (Å²) in [6, 6.07) is 11.5. The fourth-order valence-electron chi connectivity index (χ4n) is 2.43. The van der Waals surface area contributed by atoms with E-state index < -0.39 is 0 Å². The van der Waals surface area contributed by atoms with Crippen LogP contribution in [0.2, 0.25) is 0 Å². The fraction of sp³-hybridized carbons (Fsp3) is 0.316. The number of rotatable bonds is 7. The first kappa shape index (κ1) is 17.7. The summed E-state index contributed by atoms with van der Waals surface area (Å²) < 4.78 is 0. The number of likely N-dealkylation sites (N-methyl/N-ethyl adjacent to an activating group) is 1. The van der Waals surface area contributed by atoms with E-state index in [4.69, 9.17) is 0 Å². The van der Waals surface area contributed by atoms with Crippen molar-refractivity contribution < 1.29 is 9.59 Å². The lowest BCUT2D eigenvalue weighted by Crippen LogP contribution is -2.35. The van der Waals surface area contributed by atoms with Crippen molar-refractivity contribution in [2.24, 2.45) is 0 Å². The summed E-state index contributed by atoms with van der Waals surface area (Å²) >= 11 is 0. The number of hydrogen-bond donors (Lipinski definition) is 1. The van der Waals surface area contributed by atoms with Gasteiger partial charge in [-0.25, -0.2) is 0 Å². The largest absolute Gasteiger partial charge is 0.336 e. The first-order valence-corrected chi connectivity index (χ1v) is 8.10. The molecule has 5 heteroatoms. The number of hydrogen-bond acceptors (Lipinski definition) is 3. The number of aryl methyl sites for hydroxylation is 2. The van der Waals surface area contributed by atoms with E-state index in [1.165, 1.54) is 4.90 Å². The van der Waals surface area contributed by atoms with Gasteiger partial charge in [0.1, 0.15) is 0 Å². The standard InChI is InChI=1S/C19H23N3O2/c1-3-16-8-4-5-9-17(16)21-18(23)14-22(2)19(24)11-10-15-7-6-12-20-13-15/h4-9,12-13H,3,10-11,14H2,1-2H3,(H,21,23). The van der Waals surface area contributed by atoms with Crippen LogP contribution in [0, 0.1) is 0 Å². The van der Waals surface area contributed by atoms with Gasteiger partial charge in [-0.3, -0.25) is 14.6 Å². The summed E-state index contributed by atoms with van der Waals surface area (Å²) in [7, 11) is 1.65. The van der Waals surface area contributed by atoms with Crippen LogP contribution in [0.1, 0.15) is 24.5 Å². The molecule has 126 valence electrons. The Balaban J connectivity index is 1.83. The Hall–Kier alpha value is -2.69. The van der Waals surface area contributed by atoms with Crippen LogP contribution in [0.4, 0.5) is 5.69 Å². The Morgan fingerprint density at radius 2 is 1.96 bits per heavy atom. The molecule has 0 fully saturated rings. The maximum atomic E-state index is 12.2. The van der Waals surface area contributed by atoms with Gasteiger partial charge in [0.25, 0.3) is 0 Å². The van der Waals surface area contributed by atoms with Gasteiger partial charge in [0.15, 0.2) is 0 Å². The Morgan fingerprint density at radius 3 is 2.67 bits per heavy atom. The van der Waals surface area contributed by atoms with E-state index >= 15 is 0 Å². The topological polar surface area (TPSA) is 62.3 Å². The minimum Gasteiger partial charge on any atom is -0.336 e. The Kier molecular flexibility index (Phi) is 6.49. The number of anilines is 1. The Bertz CT molecular complexity index is 686. The maximum Gasteiger partial charge on any atom is 0.243 e. The van der Waals surface area contributed by atoms with E-state index in [0.717, 1.165) is 23.2 Å². The zero-order valence-corrected chi connectivity index (χ0v) is 14.2. The zero-order valence-electron chi connectivity index (χ0n) is 14.2. The predicted molar refractivity (Wildman–Crippen MR) is 94.6 cm³/mol. The Morgan fingerprint density at radius 1 is 1.17 bits per heavy atom. The highest BCUT2D eigenvalue weighted by Gasteiger charge is 2.14. The average molecular weight is 325 g/mol. The van der Waals surface area contributed by atoms with Crippen molar-refractivity contribution >= 4 is 17.5 Å². The molecule has 2 rings (SSSR count). The molecule has 0 saturated heterocycles. The zero-order chi connectivity index (χ0) is 17.4. The van der Waals surface area contributed by atoms with E-state index in [-0.39, 0.29) is 18.4 Å². The third kappa shape index (κ3) is 5.19. The minimum atomic E-state index is -0.187. The third-order valence-corrected chi connectivity index (χ3v) is 3.83. The number of nitrogens with zero attached hydrogens (tertiary/aromatic N) is 2. The third-order valence-electron chi connectivity index (χ3n) is 3.83. The van der Waals surface area contributed by atoms with Crippen LogP contribution in [0.15, 0.2) is 48.8 Å². The van der Waals surface area contributed by atoms with E-state index in [1.807, 2.05) is 43.3 Å². The molecule has 0 saturated carbocycles. The van der Waals surface area contributed by atoms with Crippen molar-refractivity contribution in [2.45, 2.75) is 26.2 Å². The molecule has 0 radical (unpaired) electrons. The van der Waals surface area contributed by atoms with Crippen LogP contribution < -0.4 is 5.32 Å². The summed E-state index contributed by atoms with van der Waals surface area (Å²) in [4.78, 5) is 29.8. The summed E-state index contributed by atoms with van der Waals surface area (Å²) in [5, 5.41) is 2.88. The lowest BCUT2D eigenvalue weighted by Gasteiger charge is -2.17. The molecule has 24 heavy (non-hydrogen) atoms. The van der Waals surface area contributed by atoms with Crippen LogP contribution >= 0.6 is 0 Å². The van der Waals surface area contributed by atoms with Crippen LogP contribution in [-0.2, 0) is 22.4 Å². The number of carbonyl (C=O) groups is 2. The maximum absolute atomic E-state index is 12.2. The normalized spacial score (nSPS) is 10.2. The van der Waals surface area contributed by atoms with Crippen molar-refractivity contribution in [3.05, 3.63) is 59.9 Å². The van der Waals surface area contributed by atoms with Gasteiger partial charge in [0.05, 0.1) is 6.54 Å². The number of nitrogens with one attached hydrogen (secondary N) is 1. The summed E-state index contributed by atoms with van der Waals surface area (Å²) in [5.74, 6) is -0.245. The number of aromatic nitrogens is 1. The lowest BCUT2D eigenvalue weighted by atomic mass is 10.1. The molecule has 2 aromatic rings. The summed E-state index contributed by atoms with van der Waals surface area (Å²) in [6.45, 7) is 2.09. The molecule has 0 aliphatic carbocycles. The van der Waals surface area contributed by atoms with E-state index in [1.54, 1.807) is 19.4 Å². The number of pyridine rings is 1. The van der Waals surface area contributed by atoms with Crippen molar-refractivity contribution in [1.82, 2.24) is 9.88 Å². The molecule has 2 amide bonds. The smallest absolute Gasteiger partial charge is 0.243 e. The van der Waals surface area contributed by atoms with Crippen LogP contribution in [-0.4, -0.2) is 35.3 Å². The number of para-hydroxylation sites is 1. The molecule has 1 N–H and O–H groups in total. The SMILES string of the molecule is CCc1ccccc1NC(=O)CN(C)C(=O)CCc1cccnc1. The van der Waals surface area contributed by atoms with Gasteiger partial charge in [0, 0.05) is 31.5 Å². The average Bonchev–Trinajstić information content (AvgIpc) is 2.60. The molecule has 0 unspecified atom stereocenters. The molecule has 0 spiro atoms. The predicted octanol–water partition coefficient (Wildman–Crippen LogP) is 2.67. The molecule has 0 bridgehead atoms. The van der Waals surface area contributed by atoms with E-state index in [0.29, 0.717) is 12.8 Å². The van der Waals surface area contributed by atoms with Gasteiger partial charge in [-0.05, 0) is 36.1 Å². The highest BCUT2D eigenvalue weighted by Crippen LogP contribution is 2.15. The molecule has 0 atom stereocenters. The molecule has 0 aliphatic heterocycles. The van der Waals surface area contributed by atoms with Crippen molar-refractivity contribution in [2.75, 3.05) is 18.9 Å². The highest BCUT2D eigenvalue weighted by atomic mass is 16.2. The van der Waals surface area contributed by atoms with Gasteiger partial charge in [0.2, 0.25) is 11.8 Å². The number of carbonyl (C=O) groups excluding carboxylic acids is 2. The number of amides is 2. The molecular formula is C19H23N3O2. The molecule has 5 nitrogen and oxygen atoms in total. The first-order valence-electron chi connectivity index (χ1n) is 8.10. The van der Waals surface area contributed by atoms with Gasteiger partial charge in [-0.15, -0.1) is 0 Å². The fourth-order valence-corrected chi connectivity index (χ4v) is 2.43. The van der Waals surface area contributed by atoms with Crippen LogP contribution in [0.3, 0.4) is 0 Å². The quantitative estimate of drug-likeness (QED) is 0.851. The first-order chi connectivity index (χ1) is 11.6. The second kappa shape index (κ2) is 8.82. The Labute approximate surface area is 142 Å². The van der Waals surface area contributed by atoms with Gasteiger partial charge < -0.3 is 10.2 Å². The van der Waals surface area contributed by atoms with Crippen molar-refractivity contribution in [1.29, 1.82) is 0 Å². The van der Waals surface area contributed by atoms with Crippen molar-refractivity contribution in [3.8, 4) is 0 Å². The van der Waals surface area contributed by atoms with E-state index in [9.17, 15) is 9.59 Å². The monoisotopic (exact) mass is 325 g/mol.